The zero-order valence-corrected chi connectivity index (χ0v) is 20.0. The highest BCUT2D eigenvalue weighted by Gasteiger charge is 2.40. The largest absolute Gasteiger partial charge is 0.391 e. The van der Waals surface area contributed by atoms with E-state index >= 15 is 0 Å². The van der Waals surface area contributed by atoms with Crippen LogP contribution in [-0.4, -0.2) is 53.0 Å². The third-order valence-electron chi connectivity index (χ3n) is 5.87. The van der Waals surface area contributed by atoms with Crippen LogP contribution in [0.3, 0.4) is 0 Å². The van der Waals surface area contributed by atoms with E-state index in [1.54, 1.807) is 42.3 Å². The Kier molecular flexibility index (Phi) is 8.08. The molecule has 0 aliphatic carbocycles. The van der Waals surface area contributed by atoms with Crippen molar-refractivity contribution in [1.82, 2.24) is 15.1 Å². The molecular weight excluding hydrogens is 456 g/mol. The Morgan fingerprint density at radius 2 is 1.50 bits per heavy atom. The van der Waals surface area contributed by atoms with Crippen LogP contribution < -0.4 is 5.32 Å². The predicted octanol–water partition coefficient (Wildman–Crippen LogP) is 3.84. The summed E-state index contributed by atoms with van der Waals surface area (Å²) in [6, 6.07) is 26.2. The van der Waals surface area contributed by atoms with Crippen LogP contribution in [0.1, 0.15) is 27.9 Å². The number of nitrogens with zero attached hydrogens (tertiary/aromatic N) is 3. The van der Waals surface area contributed by atoms with Gasteiger partial charge in [0.25, 0.3) is 5.91 Å². The summed E-state index contributed by atoms with van der Waals surface area (Å²) in [6.07, 6.45) is 0.222. The zero-order valence-electron chi connectivity index (χ0n) is 20.0. The first kappa shape index (κ1) is 24.7. The van der Waals surface area contributed by atoms with Crippen LogP contribution in [-0.2, 0) is 22.8 Å². The van der Waals surface area contributed by atoms with E-state index in [0.29, 0.717) is 17.8 Å². The smallest absolute Gasteiger partial charge is 0.325 e. The number of carbonyl (C=O) groups is 3. The molecule has 1 atom stereocenters. The first-order valence-electron chi connectivity index (χ1n) is 11.7. The topological polar surface area (TPSA) is 91.3 Å². The lowest BCUT2D eigenvalue weighted by molar-refractivity contribution is -0.134. The average Bonchev–Trinajstić information content (AvgIpc) is 3.34. The molecule has 1 aliphatic heterocycles. The molecule has 0 bridgehead atoms. The van der Waals surface area contributed by atoms with Crippen LogP contribution >= 0.6 is 0 Å². The molecular formula is C28H28N4O4. The van der Waals surface area contributed by atoms with Crippen molar-refractivity contribution in [3.05, 3.63) is 108 Å². The lowest BCUT2D eigenvalue weighted by Crippen LogP contribution is -2.51. The minimum absolute atomic E-state index is 0.0816. The Labute approximate surface area is 210 Å². The van der Waals surface area contributed by atoms with Gasteiger partial charge in [-0.25, -0.2) is 4.79 Å². The number of benzene rings is 3. The Balaban J connectivity index is 1.47. The molecule has 1 fully saturated rings. The summed E-state index contributed by atoms with van der Waals surface area (Å²) >= 11 is 0. The molecule has 1 N–H and O–H groups in total. The molecule has 1 aliphatic rings. The van der Waals surface area contributed by atoms with E-state index in [1.807, 2.05) is 60.7 Å². The van der Waals surface area contributed by atoms with Gasteiger partial charge in [-0.1, -0.05) is 84.0 Å². The molecule has 0 radical (unpaired) electrons. The normalized spacial score (nSPS) is 16.0. The second kappa shape index (κ2) is 11.8. The van der Waals surface area contributed by atoms with Crippen LogP contribution in [0.2, 0.25) is 0 Å². The number of rotatable bonds is 7. The maximum atomic E-state index is 13.4. The second-order valence-corrected chi connectivity index (χ2v) is 8.57. The summed E-state index contributed by atoms with van der Waals surface area (Å²) in [5.41, 5.74) is 2.84. The maximum absolute atomic E-state index is 13.4. The van der Waals surface area contributed by atoms with Crippen LogP contribution in [0.15, 0.2) is 96.2 Å². The molecule has 0 saturated carbocycles. The Bertz CT molecular complexity index is 1220. The summed E-state index contributed by atoms with van der Waals surface area (Å²) in [4.78, 5) is 47.5. The number of carbonyl (C=O) groups excluding carboxylic acids is 3. The Hall–Kier alpha value is -4.46. The highest BCUT2D eigenvalue weighted by atomic mass is 16.6. The van der Waals surface area contributed by atoms with Crippen LogP contribution in [0.5, 0.6) is 0 Å². The van der Waals surface area contributed by atoms with Crippen molar-refractivity contribution in [3.63, 3.8) is 0 Å². The monoisotopic (exact) mass is 484 g/mol. The van der Waals surface area contributed by atoms with E-state index in [2.05, 4.69) is 10.5 Å². The van der Waals surface area contributed by atoms with Gasteiger partial charge in [-0.05, 0) is 23.3 Å². The van der Waals surface area contributed by atoms with Gasteiger partial charge in [0.05, 0.1) is 12.3 Å². The van der Waals surface area contributed by atoms with Gasteiger partial charge in [0.1, 0.15) is 12.6 Å². The van der Waals surface area contributed by atoms with Crippen molar-refractivity contribution < 1.29 is 19.2 Å². The highest BCUT2D eigenvalue weighted by Crippen LogP contribution is 2.20. The number of imide groups is 1. The lowest BCUT2D eigenvalue weighted by Gasteiger charge is -2.27. The highest BCUT2D eigenvalue weighted by molar-refractivity contribution is 6.07. The fraction of sp³-hybridized carbons (Fsp3) is 0.214. The molecule has 0 aromatic heterocycles. The fourth-order valence-corrected chi connectivity index (χ4v) is 4.00. The van der Waals surface area contributed by atoms with Gasteiger partial charge in [-0.15, -0.1) is 0 Å². The van der Waals surface area contributed by atoms with Crippen molar-refractivity contribution >= 4 is 23.6 Å². The minimum Gasteiger partial charge on any atom is -0.391 e. The Morgan fingerprint density at radius 3 is 2.14 bits per heavy atom. The first-order chi connectivity index (χ1) is 17.5. The predicted molar refractivity (Wildman–Crippen MR) is 136 cm³/mol. The molecule has 36 heavy (non-hydrogen) atoms. The summed E-state index contributed by atoms with van der Waals surface area (Å²) in [5, 5.41) is 6.60. The molecule has 3 aromatic carbocycles. The SMILES string of the molecule is CN(Cc1ccccc1)C(=O)[C@@H]1C/C(=N\OCc2ccccc2)CN1C(=O)NC(=O)c1ccccc1. The summed E-state index contributed by atoms with van der Waals surface area (Å²) < 4.78 is 0. The summed E-state index contributed by atoms with van der Waals surface area (Å²) in [5.74, 6) is -0.774. The van der Waals surface area contributed by atoms with E-state index in [0.717, 1.165) is 11.1 Å². The fourth-order valence-electron chi connectivity index (χ4n) is 4.00. The van der Waals surface area contributed by atoms with Gasteiger partial charge >= 0.3 is 6.03 Å². The van der Waals surface area contributed by atoms with Crippen molar-refractivity contribution in [2.45, 2.75) is 25.6 Å². The van der Waals surface area contributed by atoms with Gasteiger partial charge < -0.3 is 14.6 Å². The van der Waals surface area contributed by atoms with Crippen LogP contribution in [0.25, 0.3) is 0 Å². The van der Waals surface area contributed by atoms with Crippen molar-refractivity contribution in [2.24, 2.45) is 5.16 Å². The number of oxime groups is 1. The zero-order chi connectivity index (χ0) is 25.3. The number of urea groups is 1. The van der Waals surface area contributed by atoms with Crippen LogP contribution in [0, 0.1) is 0 Å². The second-order valence-electron chi connectivity index (χ2n) is 8.57. The van der Waals surface area contributed by atoms with Crippen molar-refractivity contribution in [1.29, 1.82) is 0 Å². The molecule has 8 nitrogen and oxygen atoms in total. The summed E-state index contributed by atoms with van der Waals surface area (Å²) in [6.45, 7) is 0.749. The van der Waals surface area contributed by atoms with Crippen molar-refractivity contribution in [3.8, 4) is 0 Å². The number of likely N-dealkylation sites (N-methyl/N-ethyl adjacent to an activating group) is 1. The number of amides is 4. The molecule has 1 heterocycles. The molecule has 4 rings (SSSR count). The van der Waals surface area contributed by atoms with E-state index in [-0.39, 0.29) is 25.5 Å². The van der Waals surface area contributed by atoms with Gasteiger partial charge in [0.15, 0.2) is 0 Å². The molecule has 0 unspecified atom stereocenters. The van der Waals surface area contributed by atoms with Gasteiger partial charge in [-0.2, -0.15) is 0 Å². The molecule has 1 saturated heterocycles. The molecule has 0 spiro atoms. The van der Waals surface area contributed by atoms with Crippen LogP contribution in [0.4, 0.5) is 4.79 Å². The number of nitrogens with one attached hydrogen (secondary N) is 1. The Morgan fingerprint density at radius 1 is 0.917 bits per heavy atom. The third-order valence-corrected chi connectivity index (χ3v) is 5.87. The average molecular weight is 485 g/mol. The number of hydrogen-bond acceptors (Lipinski definition) is 5. The standard InChI is InChI=1S/C28H28N4O4/c1-31(18-21-11-5-2-6-12-21)27(34)25-17-24(30-36-20-22-13-7-3-8-14-22)19-32(25)28(35)29-26(33)23-15-9-4-10-16-23/h2-16,25H,17-20H2,1H3,(H,29,33,35)/b30-24+/t25-/m0/s1. The van der Waals surface area contributed by atoms with Gasteiger partial charge in [-0.3, -0.25) is 14.9 Å². The number of hydrogen-bond donors (Lipinski definition) is 1. The third kappa shape index (κ3) is 6.35. The van der Waals surface area contributed by atoms with Crippen molar-refractivity contribution in [2.75, 3.05) is 13.6 Å². The first-order valence-corrected chi connectivity index (χ1v) is 11.7. The van der Waals surface area contributed by atoms with E-state index in [9.17, 15) is 14.4 Å². The molecule has 4 amide bonds. The van der Waals surface area contributed by atoms with E-state index in [1.165, 1.54) is 4.90 Å². The maximum Gasteiger partial charge on any atom is 0.325 e. The lowest BCUT2D eigenvalue weighted by atomic mass is 10.1. The molecule has 184 valence electrons. The minimum atomic E-state index is -0.804. The quantitative estimate of drug-likeness (QED) is 0.516. The van der Waals surface area contributed by atoms with Gasteiger partial charge in [0.2, 0.25) is 5.91 Å². The molecule has 3 aromatic rings. The van der Waals surface area contributed by atoms with E-state index < -0.39 is 18.0 Å². The number of likely N-dealkylation sites (tertiary alicyclic amines) is 1. The summed E-state index contributed by atoms with van der Waals surface area (Å²) in [7, 11) is 1.70. The molecule has 8 heteroatoms. The van der Waals surface area contributed by atoms with E-state index in [4.69, 9.17) is 4.84 Å². The van der Waals surface area contributed by atoms with Gasteiger partial charge in [0, 0.05) is 25.6 Å².